The zero-order chi connectivity index (χ0) is 16.3. The molecule has 0 aliphatic heterocycles. The molecule has 8 N–H and O–H groups in total. The summed E-state index contributed by atoms with van der Waals surface area (Å²) in [5, 5.41) is 36.8. The van der Waals surface area contributed by atoms with Crippen LogP contribution in [0.25, 0.3) is 0 Å². The first-order valence-corrected chi connectivity index (χ1v) is 6.65. The minimum Gasteiger partial charge on any atom is -0.394 e. The molecule has 0 bridgehead atoms. The Hall–Kier alpha value is -0.910. The lowest BCUT2D eigenvalue weighted by Crippen LogP contribution is -2.67. The Bertz CT molecular complexity index is 421. The number of carbonyl (C=O) groups excluding carboxylic acids is 2. The van der Waals surface area contributed by atoms with E-state index in [1.54, 1.807) is 0 Å². The first-order valence-electron chi connectivity index (χ1n) is 5.12. The molecule has 0 aliphatic carbocycles. The van der Waals surface area contributed by atoms with E-state index >= 15 is 0 Å². The average molecular weight is 317 g/mol. The molecular formula is C8H16NO10P. The van der Waals surface area contributed by atoms with Crippen LogP contribution in [-0.2, 0) is 18.7 Å². The standard InChI is InChI=1S/C8H16NO10P/c1-3(11)8(9,7(15)19-20(16,17)18)6(14)5(13)4(12)2-10/h4-6,10,12-14H,2,9H2,1H3,(H2,16,17,18)/t4-,5-,6+,8+/m1/s1. The molecule has 0 saturated carbocycles. The van der Waals surface area contributed by atoms with E-state index in [1.165, 1.54) is 0 Å². The molecule has 0 saturated heterocycles. The normalized spacial score (nSPS) is 19.6. The summed E-state index contributed by atoms with van der Waals surface area (Å²) in [5.41, 5.74) is 2.23. The van der Waals surface area contributed by atoms with Gasteiger partial charge < -0.3 is 30.7 Å². The molecule has 4 atom stereocenters. The van der Waals surface area contributed by atoms with Crippen LogP contribution in [0.2, 0.25) is 0 Å². The van der Waals surface area contributed by atoms with E-state index in [4.69, 9.17) is 25.7 Å². The molecule has 0 spiro atoms. The van der Waals surface area contributed by atoms with Gasteiger partial charge in [-0.15, -0.1) is 0 Å². The van der Waals surface area contributed by atoms with Crippen LogP contribution < -0.4 is 5.73 Å². The largest absolute Gasteiger partial charge is 0.527 e. The fourth-order valence-electron chi connectivity index (χ4n) is 1.24. The Kier molecular flexibility index (Phi) is 6.39. The molecule has 0 aromatic rings. The van der Waals surface area contributed by atoms with Crippen molar-refractivity contribution in [1.82, 2.24) is 0 Å². The second kappa shape index (κ2) is 6.70. The van der Waals surface area contributed by atoms with Crippen molar-refractivity contribution < 1.29 is 48.9 Å². The lowest BCUT2D eigenvalue weighted by Gasteiger charge is -2.33. The minimum absolute atomic E-state index is 0.697. The summed E-state index contributed by atoms with van der Waals surface area (Å²) in [7, 11) is -5.34. The number of phosphoric acid groups is 1. The first kappa shape index (κ1) is 19.1. The number of rotatable bonds is 7. The van der Waals surface area contributed by atoms with E-state index in [0.29, 0.717) is 6.92 Å². The number of phosphoric ester groups is 1. The van der Waals surface area contributed by atoms with Crippen molar-refractivity contribution in [3.63, 3.8) is 0 Å². The quantitative estimate of drug-likeness (QED) is 0.178. The minimum atomic E-state index is -5.34. The second-order valence-corrected chi connectivity index (χ2v) is 5.14. The number of ketones is 1. The van der Waals surface area contributed by atoms with Crippen LogP contribution in [0.3, 0.4) is 0 Å². The summed E-state index contributed by atoms with van der Waals surface area (Å²) in [6.07, 6.45) is -6.66. The lowest BCUT2D eigenvalue weighted by atomic mass is 9.84. The molecular weight excluding hydrogens is 301 g/mol. The molecule has 0 aromatic carbocycles. The zero-order valence-corrected chi connectivity index (χ0v) is 11.2. The smallest absolute Gasteiger partial charge is 0.394 e. The number of hydrogen-bond acceptors (Lipinski definition) is 9. The zero-order valence-electron chi connectivity index (χ0n) is 10.3. The molecule has 0 rings (SSSR count). The number of Topliss-reactive ketones (excluding diaryl/α,β-unsaturated/α-hetero) is 1. The highest BCUT2D eigenvalue weighted by molar-refractivity contribution is 7.46. The van der Waals surface area contributed by atoms with Gasteiger partial charge in [0.25, 0.3) is 0 Å². The number of carbonyl (C=O) groups is 2. The maximum absolute atomic E-state index is 11.5. The van der Waals surface area contributed by atoms with Gasteiger partial charge in [0.15, 0.2) is 5.78 Å². The van der Waals surface area contributed by atoms with Crippen molar-refractivity contribution in [3.8, 4) is 0 Å². The summed E-state index contributed by atoms with van der Waals surface area (Å²) in [5.74, 6) is -3.28. The third-order valence-electron chi connectivity index (χ3n) is 2.49. The van der Waals surface area contributed by atoms with Crippen molar-refractivity contribution in [1.29, 1.82) is 0 Å². The van der Waals surface area contributed by atoms with Gasteiger partial charge in [-0.05, 0) is 6.92 Å². The van der Waals surface area contributed by atoms with E-state index in [0.717, 1.165) is 0 Å². The van der Waals surface area contributed by atoms with Crippen LogP contribution in [0.5, 0.6) is 0 Å². The molecule has 0 heterocycles. The molecule has 0 aliphatic rings. The number of aliphatic hydroxyl groups is 4. The predicted molar refractivity (Wildman–Crippen MR) is 60.8 cm³/mol. The van der Waals surface area contributed by atoms with E-state index < -0.39 is 50.0 Å². The summed E-state index contributed by atoms with van der Waals surface area (Å²) < 4.78 is 14.2. The number of aliphatic hydroxyl groups excluding tert-OH is 4. The van der Waals surface area contributed by atoms with Gasteiger partial charge in [-0.25, -0.2) is 9.36 Å². The molecule has 0 amide bonds. The van der Waals surface area contributed by atoms with Crippen molar-refractivity contribution >= 4 is 19.6 Å². The fourth-order valence-corrected chi connectivity index (χ4v) is 1.61. The molecule has 11 nitrogen and oxygen atoms in total. The van der Waals surface area contributed by atoms with Crippen LogP contribution in [-0.4, -0.2) is 72.4 Å². The summed E-state index contributed by atoms with van der Waals surface area (Å²) in [4.78, 5) is 39.8. The molecule has 0 radical (unpaired) electrons. The van der Waals surface area contributed by atoms with Crippen LogP contribution in [0.15, 0.2) is 0 Å². The van der Waals surface area contributed by atoms with Crippen LogP contribution >= 0.6 is 7.82 Å². The lowest BCUT2D eigenvalue weighted by molar-refractivity contribution is -0.161. The Balaban J connectivity index is 5.45. The Morgan fingerprint density at radius 1 is 1.30 bits per heavy atom. The molecule has 20 heavy (non-hydrogen) atoms. The van der Waals surface area contributed by atoms with Crippen molar-refractivity contribution in [2.45, 2.75) is 30.8 Å². The van der Waals surface area contributed by atoms with E-state index in [1.807, 2.05) is 0 Å². The summed E-state index contributed by atoms with van der Waals surface area (Å²) in [6.45, 7) is -0.331. The highest BCUT2D eigenvalue weighted by Gasteiger charge is 2.53. The van der Waals surface area contributed by atoms with Crippen LogP contribution in [0.1, 0.15) is 6.92 Å². The van der Waals surface area contributed by atoms with Crippen LogP contribution in [0.4, 0.5) is 0 Å². The predicted octanol–water partition coefficient (Wildman–Crippen LogP) is -4.02. The topological polar surface area (TPSA) is 208 Å². The molecule has 118 valence electrons. The highest BCUT2D eigenvalue weighted by atomic mass is 31.2. The molecule has 12 heteroatoms. The highest BCUT2D eigenvalue weighted by Crippen LogP contribution is 2.38. The van der Waals surface area contributed by atoms with Crippen molar-refractivity contribution in [2.75, 3.05) is 6.61 Å². The monoisotopic (exact) mass is 317 g/mol. The van der Waals surface area contributed by atoms with Crippen molar-refractivity contribution in [2.24, 2.45) is 5.73 Å². The van der Waals surface area contributed by atoms with Gasteiger partial charge in [0, 0.05) is 0 Å². The molecule has 0 aromatic heterocycles. The van der Waals surface area contributed by atoms with Gasteiger partial charge in [0.2, 0.25) is 5.54 Å². The number of hydrogen-bond donors (Lipinski definition) is 7. The van der Waals surface area contributed by atoms with Gasteiger partial charge in [-0.3, -0.25) is 14.6 Å². The van der Waals surface area contributed by atoms with Gasteiger partial charge in [0.1, 0.15) is 18.3 Å². The summed E-state index contributed by atoms with van der Waals surface area (Å²) in [6, 6.07) is 0. The SMILES string of the molecule is CC(=O)[C@@](N)(C(=O)OP(=O)(O)O)[C@@H](O)[C@H](O)[C@H](O)CO. The van der Waals surface area contributed by atoms with Crippen molar-refractivity contribution in [3.05, 3.63) is 0 Å². The first-order chi connectivity index (χ1) is 8.87. The van der Waals surface area contributed by atoms with Gasteiger partial charge in [-0.1, -0.05) is 0 Å². The Labute approximate surface area is 112 Å². The Morgan fingerprint density at radius 3 is 2.05 bits per heavy atom. The number of nitrogens with two attached hydrogens (primary N) is 1. The van der Waals surface area contributed by atoms with Gasteiger partial charge in [-0.2, -0.15) is 0 Å². The van der Waals surface area contributed by atoms with E-state index in [-0.39, 0.29) is 0 Å². The molecule has 0 unspecified atom stereocenters. The Morgan fingerprint density at radius 2 is 1.75 bits per heavy atom. The molecule has 0 fully saturated rings. The van der Waals surface area contributed by atoms with Crippen LogP contribution in [0, 0.1) is 0 Å². The third-order valence-corrected chi connectivity index (χ3v) is 2.90. The third kappa shape index (κ3) is 4.30. The maximum Gasteiger partial charge on any atom is 0.527 e. The summed E-state index contributed by atoms with van der Waals surface area (Å²) >= 11 is 0. The van der Waals surface area contributed by atoms with E-state index in [2.05, 4.69) is 4.52 Å². The second-order valence-electron chi connectivity index (χ2n) is 3.98. The van der Waals surface area contributed by atoms with Gasteiger partial charge >= 0.3 is 13.8 Å². The van der Waals surface area contributed by atoms with Gasteiger partial charge in [0.05, 0.1) is 6.61 Å². The van der Waals surface area contributed by atoms with E-state index in [9.17, 15) is 24.4 Å². The maximum atomic E-state index is 11.5. The fraction of sp³-hybridized carbons (Fsp3) is 0.750. The average Bonchev–Trinajstić information content (AvgIpc) is 2.32.